The van der Waals surface area contributed by atoms with Gasteiger partial charge in [-0.05, 0) is 18.2 Å². The van der Waals surface area contributed by atoms with E-state index in [1.807, 2.05) is 13.2 Å². The molecule has 0 spiro atoms. The number of aryl methyl sites for hydroxylation is 1. The van der Waals surface area contributed by atoms with Crippen molar-refractivity contribution in [1.82, 2.24) is 20.0 Å². The predicted molar refractivity (Wildman–Crippen MR) is 86.0 cm³/mol. The number of carbonyl (C=O) groups excluding carboxylic acids is 1. The second-order valence-corrected chi connectivity index (χ2v) is 5.96. The average molecular weight is 328 g/mol. The fraction of sp³-hybridized carbons (Fsp3) is 0.294. The first-order valence-corrected chi connectivity index (χ1v) is 7.80. The summed E-state index contributed by atoms with van der Waals surface area (Å²) in [5.74, 6) is -0.572. The molecule has 1 atom stereocenters. The number of aromatic nitrogens is 2. The van der Waals surface area contributed by atoms with E-state index in [9.17, 15) is 9.18 Å². The minimum atomic E-state index is -0.458. The van der Waals surface area contributed by atoms with Crippen molar-refractivity contribution < 1.29 is 13.6 Å². The van der Waals surface area contributed by atoms with Crippen molar-refractivity contribution in [3.05, 3.63) is 53.8 Å². The number of nitrogens with zero attached hydrogens (tertiary/aromatic N) is 3. The molecular formula is C17H17FN4O2. The monoisotopic (exact) mass is 328 g/mol. The quantitative estimate of drug-likeness (QED) is 0.782. The van der Waals surface area contributed by atoms with Gasteiger partial charge in [-0.1, -0.05) is 0 Å². The summed E-state index contributed by atoms with van der Waals surface area (Å²) >= 11 is 0. The Morgan fingerprint density at radius 2 is 2.29 bits per heavy atom. The summed E-state index contributed by atoms with van der Waals surface area (Å²) in [5.41, 5.74) is 1.63. The summed E-state index contributed by atoms with van der Waals surface area (Å²) < 4.78 is 20.6. The third kappa shape index (κ3) is 2.46. The highest BCUT2D eigenvalue weighted by Crippen LogP contribution is 2.25. The molecule has 0 radical (unpaired) electrons. The van der Waals surface area contributed by atoms with Crippen LogP contribution in [0.1, 0.15) is 22.0 Å². The Bertz CT molecular complexity index is 901. The van der Waals surface area contributed by atoms with Gasteiger partial charge in [0.2, 0.25) is 0 Å². The van der Waals surface area contributed by atoms with E-state index < -0.39 is 5.82 Å². The zero-order valence-corrected chi connectivity index (χ0v) is 13.2. The summed E-state index contributed by atoms with van der Waals surface area (Å²) in [6, 6.07) is 4.47. The standard InChI is InChI=1S/C17H17FN4O2/c1-21-9-11(8-20-21)15-10-22(6-5-19-15)17(23)13-2-3-14(18)16-12(13)4-7-24-16/h2-4,7-9,15,19H,5-6,10H2,1H3. The molecule has 1 amide bonds. The van der Waals surface area contributed by atoms with Gasteiger partial charge in [-0.25, -0.2) is 4.39 Å². The molecule has 3 aromatic rings. The number of hydrogen-bond donors (Lipinski definition) is 1. The van der Waals surface area contributed by atoms with Crippen molar-refractivity contribution >= 4 is 16.9 Å². The van der Waals surface area contributed by atoms with Crippen LogP contribution in [-0.2, 0) is 7.05 Å². The van der Waals surface area contributed by atoms with Gasteiger partial charge in [0, 0.05) is 43.8 Å². The molecule has 1 fully saturated rings. The van der Waals surface area contributed by atoms with Crippen molar-refractivity contribution in [3.8, 4) is 0 Å². The predicted octanol–water partition coefficient (Wildman–Crippen LogP) is 2.09. The van der Waals surface area contributed by atoms with Gasteiger partial charge in [-0.3, -0.25) is 9.48 Å². The first-order chi connectivity index (χ1) is 11.6. The molecule has 0 aliphatic carbocycles. The SMILES string of the molecule is Cn1cc(C2CN(C(=O)c3ccc(F)c4occc34)CCN2)cn1. The summed E-state index contributed by atoms with van der Waals surface area (Å²) in [5, 5.41) is 8.09. The first kappa shape index (κ1) is 14.9. The van der Waals surface area contributed by atoms with Crippen LogP contribution in [0.15, 0.2) is 41.3 Å². The normalized spacial score (nSPS) is 18.2. The van der Waals surface area contributed by atoms with Crippen molar-refractivity contribution in [2.24, 2.45) is 7.05 Å². The number of hydrogen-bond acceptors (Lipinski definition) is 4. The molecule has 6 nitrogen and oxygen atoms in total. The lowest BCUT2D eigenvalue weighted by atomic mass is 10.1. The first-order valence-electron chi connectivity index (χ1n) is 7.80. The molecule has 24 heavy (non-hydrogen) atoms. The number of nitrogens with one attached hydrogen (secondary N) is 1. The van der Waals surface area contributed by atoms with Crippen molar-refractivity contribution in [2.75, 3.05) is 19.6 Å². The number of furan rings is 1. The van der Waals surface area contributed by atoms with Crippen LogP contribution in [0.5, 0.6) is 0 Å². The Labute approximate surface area is 137 Å². The van der Waals surface area contributed by atoms with Crippen molar-refractivity contribution in [2.45, 2.75) is 6.04 Å². The zero-order chi connectivity index (χ0) is 16.7. The molecule has 3 heterocycles. The fourth-order valence-corrected chi connectivity index (χ4v) is 3.16. The summed E-state index contributed by atoms with van der Waals surface area (Å²) in [4.78, 5) is 14.7. The number of amides is 1. The second-order valence-electron chi connectivity index (χ2n) is 5.96. The number of halogens is 1. The Balaban J connectivity index is 1.61. The third-order valence-corrected chi connectivity index (χ3v) is 4.39. The molecule has 7 heteroatoms. The van der Waals surface area contributed by atoms with Crippen molar-refractivity contribution in [3.63, 3.8) is 0 Å². The maximum atomic E-state index is 13.8. The molecule has 1 aromatic carbocycles. The lowest BCUT2D eigenvalue weighted by Crippen LogP contribution is -2.48. The number of benzene rings is 1. The highest BCUT2D eigenvalue weighted by atomic mass is 19.1. The van der Waals surface area contributed by atoms with Gasteiger partial charge < -0.3 is 14.6 Å². The van der Waals surface area contributed by atoms with Crippen LogP contribution in [0.3, 0.4) is 0 Å². The summed E-state index contributed by atoms with van der Waals surface area (Å²) in [6.07, 6.45) is 5.15. The molecule has 1 unspecified atom stereocenters. The summed E-state index contributed by atoms with van der Waals surface area (Å²) in [7, 11) is 1.86. The lowest BCUT2D eigenvalue weighted by molar-refractivity contribution is 0.0705. The molecule has 1 aliphatic heterocycles. The van der Waals surface area contributed by atoms with Gasteiger partial charge in [0.25, 0.3) is 5.91 Å². The third-order valence-electron chi connectivity index (χ3n) is 4.39. The number of carbonyl (C=O) groups is 1. The highest BCUT2D eigenvalue weighted by molar-refractivity contribution is 6.06. The van der Waals surface area contributed by atoms with Gasteiger partial charge in [0.1, 0.15) is 0 Å². The van der Waals surface area contributed by atoms with Crippen LogP contribution in [-0.4, -0.2) is 40.2 Å². The van der Waals surface area contributed by atoms with Crippen LogP contribution < -0.4 is 5.32 Å². The van der Waals surface area contributed by atoms with Gasteiger partial charge in [-0.2, -0.15) is 5.10 Å². The molecule has 1 aliphatic rings. The molecule has 124 valence electrons. The Kier molecular flexibility index (Phi) is 3.57. The maximum Gasteiger partial charge on any atom is 0.254 e. The van der Waals surface area contributed by atoms with Crippen LogP contribution >= 0.6 is 0 Å². The molecule has 0 saturated carbocycles. The van der Waals surface area contributed by atoms with E-state index in [0.717, 1.165) is 5.56 Å². The van der Waals surface area contributed by atoms with E-state index in [4.69, 9.17) is 4.42 Å². The van der Waals surface area contributed by atoms with E-state index in [2.05, 4.69) is 10.4 Å². The van der Waals surface area contributed by atoms with Crippen molar-refractivity contribution in [1.29, 1.82) is 0 Å². The number of fused-ring (bicyclic) bond motifs is 1. The highest BCUT2D eigenvalue weighted by Gasteiger charge is 2.27. The van der Waals surface area contributed by atoms with E-state index in [1.54, 1.807) is 21.8 Å². The smallest absolute Gasteiger partial charge is 0.254 e. The summed E-state index contributed by atoms with van der Waals surface area (Å²) in [6.45, 7) is 1.84. The van der Waals surface area contributed by atoms with Crippen LogP contribution in [0.25, 0.3) is 11.0 Å². The van der Waals surface area contributed by atoms with Gasteiger partial charge in [0.05, 0.1) is 24.1 Å². The van der Waals surface area contributed by atoms with Gasteiger partial charge in [0.15, 0.2) is 11.4 Å². The van der Waals surface area contributed by atoms with E-state index in [0.29, 0.717) is 30.6 Å². The Morgan fingerprint density at radius 1 is 1.42 bits per heavy atom. The fourth-order valence-electron chi connectivity index (χ4n) is 3.16. The van der Waals surface area contributed by atoms with Crippen LogP contribution in [0.4, 0.5) is 4.39 Å². The van der Waals surface area contributed by atoms with E-state index in [1.165, 1.54) is 18.4 Å². The maximum absolute atomic E-state index is 13.8. The molecular weight excluding hydrogens is 311 g/mol. The lowest BCUT2D eigenvalue weighted by Gasteiger charge is -2.33. The molecule has 0 bridgehead atoms. The Morgan fingerprint density at radius 3 is 3.08 bits per heavy atom. The zero-order valence-electron chi connectivity index (χ0n) is 13.2. The molecule has 1 N–H and O–H groups in total. The van der Waals surface area contributed by atoms with Crippen LogP contribution in [0.2, 0.25) is 0 Å². The Hall–Kier alpha value is -2.67. The minimum absolute atomic E-state index is 0.0386. The largest absolute Gasteiger partial charge is 0.461 e. The number of piperazine rings is 1. The number of rotatable bonds is 2. The molecule has 1 saturated heterocycles. The second kappa shape index (κ2) is 5.76. The van der Waals surface area contributed by atoms with Crippen LogP contribution in [0, 0.1) is 5.82 Å². The average Bonchev–Trinajstić information content (AvgIpc) is 3.24. The van der Waals surface area contributed by atoms with Gasteiger partial charge in [-0.15, -0.1) is 0 Å². The molecule has 4 rings (SSSR count). The topological polar surface area (TPSA) is 63.3 Å². The van der Waals surface area contributed by atoms with E-state index in [-0.39, 0.29) is 17.5 Å². The molecule has 2 aromatic heterocycles. The van der Waals surface area contributed by atoms with Gasteiger partial charge >= 0.3 is 0 Å². The minimum Gasteiger partial charge on any atom is -0.461 e. The van der Waals surface area contributed by atoms with E-state index >= 15 is 0 Å².